The van der Waals surface area contributed by atoms with Gasteiger partial charge in [0.25, 0.3) is 0 Å². The van der Waals surface area contributed by atoms with Gasteiger partial charge in [-0.15, -0.1) is 0 Å². The van der Waals surface area contributed by atoms with Gasteiger partial charge in [-0.05, 0) is 62.8 Å². The molecule has 2 fully saturated rings. The van der Waals surface area contributed by atoms with Crippen molar-refractivity contribution in [2.24, 2.45) is 5.92 Å². The molecule has 0 atom stereocenters. The number of aliphatic carboxylic acids is 1. The summed E-state index contributed by atoms with van der Waals surface area (Å²) in [4.78, 5) is 10.9. The molecule has 2 aliphatic rings. The number of aliphatic hydroxyl groups is 1. The van der Waals surface area contributed by atoms with Gasteiger partial charge in [-0.25, -0.2) is 4.79 Å². The monoisotopic (exact) mass is 599 g/mol. The van der Waals surface area contributed by atoms with Crippen molar-refractivity contribution in [1.82, 2.24) is 5.16 Å². The number of rotatable bonds is 10. The van der Waals surface area contributed by atoms with Gasteiger partial charge in [-0.2, -0.15) is 0 Å². The largest absolute Gasteiger partial charge is 0.489 e. The Morgan fingerprint density at radius 3 is 2.50 bits per heavy atom. The molecule has 0 amide bonds. The number of carboxylic acid groups (broad SMARTS) is 1. The third-order valence-electron chi connectivity index (χ3n) is 7.48. The van der Waals surface area contributed by atoms with E-state index in [4.69, 9.17) is 49.2 Å². The average Bonchev–Trinajstić information content (AvgIpc) is 3.65. The van der Waals surface area contributed by atoms with Crippen molar-refractivity contribution in [2.45, 2.75) is 50.7 Å². The molecule has 2 aromatic carbocycles. The summed E-state index contributed by atoms with van der Waals surface area (Å²) in [6.07, 6.45) is 7.94. The molecule has 3 aromatic rings. The van der Waals surface area contributed by atoms with E-state index >= 15 is 0 Å². The van der Waals surface area contributed by atoms with Crippen LogP contribution in [-0.2, 0) is 17.0 Å². The summed E-state index contributed by atoms with van der Waals surface area (Å²) in [6.45, 7) is 5.79. The van der Waals surface area contributed by atoms with Crippen LogP contribution in [0.5, 0.6) is 5.75 Å². The molecular formula is C31H28Cl3NO5. The minimum Gasteiger partial charge on any atom is -0.489 e. The molecule has 40 heavy (non-hydrogen) atoms. The van der Waals surface area contributed by atoms with E-state index in [-0.39, 0.29) is 18.1 Å². The van der Waals surface area contributed by atoms with Crippen molar-refractivity contribution in [3.63, 3.8) is 0 Å². The first kappa shape index (κ1) is 28.5. The maximum absolute atomic E-state index is 11.2. The fraction of sp³-hybridized carbons (Fsp3) is 0.290. The van der Waals surface area contributed by atoms with Crippen molar-refractivity contribution < 1.29 is 24.3 Å². The van der Waals surface area contributed by atoms with Crippen molar-refractivity contribution >= 4 is 40.8 Å². The van der Waals surface area contributed by atoms with E-state index in [1.807, 2.05) is 0 Å². The highest BCUT2D eigenvalue weighted by Gasteiger charge is 2.45. The summed E-state index contributed by atoms with van der Waals surface area (Å²) in [5.41, 5.74) is 2.59. The molecule has 0 radical (unpaired) electrons. The molecule has 0 saturated heterocycles. The molecule has 0 aliphatic heterocycles. The van der Waals surface area contributed by atoms with E-state index in [0.717, 1.165) is 29.7 Å². The Bertz CT molecular complexity index is 1510. The number of carbonyl (C=O) groups is 1. The molecule has 2 N–H and O–H groups in total. The first-order valence-electron chi connectivity index (χ1n) is 12.9. The molecule has 5 rings (SSSR count). The molecule has 9 heteroatoms. The number of hydrogen-bond acceptors (Lipinski definition) is 5. The van der Waals surface area contributed by atoms with Crippen molar-refractivity contribution in [3.05, 3.63) is 104 Å². The number of benzene rings is 2. The van der Waals surface area contributed by atoms with Gasteiger partial charge in [-0.3, -0.25) is 0 Å². The molecule has 0 unspecified atom stereocenters. The number of hydrogen-bond donors (Lipinski definition) is 2. The molecule has 2 aliphatic carbocycles. The van der Waals surface area contributed by atoms with E-state index in [1.54, 1.807) is 48.6 Å². The maximum Gasteiger partial charge on any atom is 0.331 e. The lowest BCUT2D eigenvalue weighted by atomic mass is 9.65. The van der Waals surface area contributed by atoms with Crippen LogP contribution in [0.15, 0.2) is 76.9 Å². The molecule has 1 heterocycles. The Morgan fingerprint density at radius 1 is 1.18 bits per heavy atom. The number of halogens is 3. The first-order chi connectivity index (χ1) is 19.1. The summed E-state index contributed by atoms with van der Waals surface area (Å²) in [7, 11) is 0. The van der Waals surface area contributed by atoms with Crippen LogP contribution in [0.2, 0.25) is 15.1 Å². The van der Waals surface area contributed by atoms with E-state index in [9.17, 15) is 9.90 Å². The van der Waals surface area contributed by atoms with Crippen LogP contribution >= 0.6 is 34.8 Å². The molecule has 0 bridgehead atoms. The van der Waals surface area contributed by atoms with Crippen molar-refractivity contribution in [3.8, 4) is 17.0 Å². The minimum atomic E-state index is -1.08. The summed E-state index contributed by atoms with van der Waals surface area (Å²) < 4.78 is 11.8. The van der Waals surface area contributed by atoms with Gasteiger partial charge in [-0.1, -0.05) is 82.5 Å². The summed E-state index contributed by atoms with van der Waals surface area (Å²) >= 11 is 19.5. The highest BCUT2D eigenvalue weighted by Crippen LogP contribution is 2.51. The Hall–Kier alpha value is -3.03. The normalized spacial score (nSPS) is 20.9. The maximum atomic E-state index is 11.2. The second-order valence-corrected chi connectivity index (χ2v) is 11.6. The van der Waals surface area contributed by atoms with Gasteiger partial charge >= 0.3 is 5.97 Å². The number of carboxylic acids is 1. The highest BCUT2D eigenvalue weighted by molar-refractivity contribution is 6.39. The Balaban J connectivity index is 1.27. The molecule has 0 spiro atoms. The van der Waals surface area contributed by atoms with Crippen molar-refractivity contribution in [1.29, 1.82) is 0 Å². The number of ether oxygens (including phenoxy) is 1. The van der Waals surface area contributed by atoms with Crippen LogP contribution in [0.4, 0.5) is 0 Å². The quantitative estimate of drug-likeness (QED) is 0.179. The van der Waals surface area contributed by atoms with Crippen LogP contribution in [-0.4, -0.2) is 21.3 Å². The summed E-state index contributed by atoms with van der Waals surface area (Å²) in [5, 5.41) is 25.8. The molecule has 6 nitrogen and oxygen atoms in total. The zero-order chi connectivity index (χ0) is 28.6. The van der Waals surface area contributed by atoms with Crippen LogP contribution in [0.25, 0.3) is 11.3 Å². The van der Waals surface area contributed by atoms with Gasteiger partial charge in [0.15, 0.2) is 0 Å². The van der Waals surface area contributed by atoms with Crippen molar-refractivity contribution in [2.75, 3.05) is 0 Å². The van der Waals surface area contributed by atoms with E-state index in [1.165, 1.54) is 13.0 Å². The second-order valence-electron chi connectivity index (χ2n) is 10.4. The Labute approximate surface area is 247 Å². The van der Waals surface area contributed by atoms with Crippen LogP contribution in [0, 0.1) is 5.92 Å². The third-order valence-corrected chi connectivity index (χ3v) is 8.42. The molecule has 208 valence electrons. The fourth-order valence-corrected chi connectivity index (χ4v) is 5.85. The lowest BCUT2D eigenvalue weighted by Crippen LogP contribution is -2.41. The predicted octanol–water partition coefficient (Wildman–Crippen LogP) is 8.50. The minimum absolute atomic E-state index is 0.0660. The zero-order valence-corrected chi connectivity index (χ0v) is 24.1. The van der Waals surface area contributed by atoms with Crippen LogP contribution in [0.3, 0.4) is 0 Å². The van der Waals surface area contributed by atoms with Crippen LogP contribution < -0.4 is 4.74 Å². The smallest absolute Gasteiger partial charge is 0.331 e. The molecule has 2 saturated carbocycles. The lowest BCUT2D eigenvalue weighted by molar-refractivity contribution is -0.132. The molecular weight excluding hydrogens is 573 g/mol. The average molecular weight is 601 g/mol. The second kappa shape index (κ2) is 11.5. The summed E-state index contributed by atoms with van der Waals surface area (Å²) in [5.74, 6) is 0.725. The molecule has 1 aromatic heterocycles. The van der Waals surface area contributed by atoms with E-state index in [2.05, 4.69) is 11.7 Å². The number of nitrogens with zero attached hydrogens (tertiary/aromatic N) is 1. The van der Waals surface area contributed by atoms with Gasteiger partial charge in [0.05, 0.1) is 26.2 Å². The van der Waals surface area contributed by atoms with Gasteiger partial charge in [0.1, 0.15) is 23.8 Å². The zero-order valence-electron chi connectivity index (χ0n) is 21.8. The standard InChI is InChI=1S/C31H28Cl3NO5/c1-17(5-3-6-18(2)30(36)37)20-14-31(38,15-20)23-12-11-21(13-26(23)34)39-16-22-28(35-40-29(22)19-9-10-19)27-24(32)7-4-8-25(27)33/h3-8,11-13,19-20,38H,1,9-10,14-16H2,2H3,(H,36,37)/b5-3-,18-6+/t20-,31+. The van der Waals surface area contributed by atoms with Gasteiger partial charge in [0.2, 0.25) is 0 Å². The Kier molecular flexibility index (Phi) is 8.16. The third kappa shape index (κ3) is 5.86. The van der Waals surface area contributed by atoms with E-state index < -0.39 is 11.6 Å². The van der Waals surface area contributed by atoms with Crippen LogP contribution in [0.1, 0.15) is 55.4 Å². The predicted molar refractivity (Wildman–Crippen MR) is 156 cm³/mol. The highest BCUT2D eigenvalue weighted by atomic mass is 35.5. The summed E-state index contributed by atoms with van der Waals surface area (Å²) in [6, 6.07) is 10.6. The lowest BCUT2D eigenvalue weighted by Gasteiger charge is -2.45. The van der Waals surface area contributed by atoms with Gasteiger partial charge < -0.3 is 19.5 Å². The Morgan fingerprint density at radius 2 is 1.88 bits per heavy atom. The SMILES string of the molecule is C=C(/C=C\C=C(/C)C(=O)O)[C@H]1C[C@](O)(c2ccc(OCc3c(-c4c(Cl)cccc4Cl)noc3C3CC3)cc2Cl)C1. The number of allylic oxidation sites excluding steroid dienone is 4. The van der Waals surface area contributed by atoms with Gasteiger partial charge in [0, 0.05) is 22.6 Å². The number of aromatic nitrogens is 1. The first-order valence-corrected chi connectivity index (χ1v) is 14.1. The fourth-order valence-electron chi connectivity index (χ4n) is 4.93. The van der Waals surface area contributed by atoms with E-state index in [0.29, 0.717) is 56.4 Å². The topological polar surface area (TPSA) is 92.8 Å².